The molecule has 0 spiro atoms. The minimum Gasteiger partial charge on any atom is -0.305 e. The van der Waals surface area contributed by atoms with Crippen molar-refractivity contribution < 1.29 is 13.2 Å². The van der Waals surface area contributed by atoms with Gasteiger partial charge in [0.05, 0.1) is 10.6 Å². The van der Waals surface area contributed by atoms with Crippen LogP contribution in [-0.4, -0.2) is 27.4 Å². The highest BCUT2D eigenvalue weighted by Gasteiger charge is 2.32. The Labute approximate surface area is 177 Å². The number of sulfonamides is 1. The molecule has 0 aliphatic carbocycles. The van der Waals surface area contributed by atoms with E-state index < -0.39 is 10.0 Å². The van der Waals surface area contributed by atoms with Gasteiger partial charge in [0.2, 0.25) is 0 Å². The smallest absolute Gasteiger partial charge is 0.264 e. The molecule has 3 aromatic carbocycles. The lowest BCUT2D eigenvalue weighted by Gasteiger charge is -2.25. The number of rotatable bonds is 4. The van der Waals surface area contributed by atoms with E-state index in [2.05, 4.69) is 0 Å². The Hall–Kier alpha value is -3.12. The van der Waals surface area contributed by atoms with E-state index in [9.17, 15) is 13.2 Å². The summed E-state index contributed by atoms with van der Waals surface area (Å²) in [4.78, 5) is 15.4. The molecule has 0 saturated heterocycles. The maximum absolute atomic E-state index is 13.4. The fraction of sp³-hybridized carbons (Fsp3) is 0.208. The SMILES string of the molecule is Cc1ccc(C(=O)N2c3ccccc3C[C@@H]2C)cc1N(C)S(=O)(=O)c1ccccc1. The Kier molecular flexibility index (Phi) is 5.12. The quantitative estimate of drug-likeness (QED) is 0.628. The van der Waals surface area contributed by atoms with Crippen LogP contribution in [0, 0.1) is 6.92 Å². The first-order chi connectivity index (χ1) is 14.3. The van der Waals surface area contributed by atoms with Gasteiger partial charge in [0, 0.05) is 24.3 Å². The fourth-order valence-corrected chi connectivity index (χ4v) is 5.25. The van der Waals surface area contributed by atoms with Crippen molar-refractivity contribution >= 4 is 27.3 Å². The normalized spacial score (nSPS) is 15.7. The van der Waals surface area contributed by atoms with E-state index in [0.717, 1.165) is 23.2 Å². The van der Waals surface area contributed by atoms with Crippen molar-refractivity contribution in [1.82, 2.24) is 0 Å². The molecule has 1 heterocycles. The van der Waals surface area contributed by atoms with Crippen molar-refractivity contribution in [3.05, 3.63) is 89.5 Å². The zero-order valence-corrected chi connectivity index (χ0v) is 18.1. The number of anilines is 2. The third kappa shape index (κ3) is 3.37. The van der Waals surface area contributed by atoms with Gasteiger partial charge in [-0.1, -0.05) is 42.5 Å². The number of carbonyl (C=O) groups is 1. The molecule has 154 valence electrons. The summed E-state index contributed by atoms with van der Waals surface area (Å²) < 4.78 is 27.4. The van der Waals surface area contributed by atoms with Crippen molar-refractivity contribution in [2.24, 2.45) is 0 Å². The third-order valence-electron chi connectivity index (χ3n) is 5.62. The molecule has 0 unspecified atom stereocenters. The number of aryl methyl sites for hydroxylation is 1. The summed E-state index contributed by atoms with van der Waals surface area (Å²) in [6.45, 7) is 3.87. The first kappa shape index (κ1) is 20.2. The molecule has 1 amide bonds. The van der Waals surface area contributed by atoms with Gasteiger partial charge in [-0.2, -0.15) is 0 Å². The number of benzene rings is 3. The van der Waals surface area contributed by atoms with Crippen LogP contribution < -0.4 is 9.21 Å². The number of fused-ring (bicyclic) bond motifs is 1. The standard InChI is InChI=1S/C24H24N2O3S/c1-17-13-14-20(24(27)26-18(2)15-19-9-7-8-12-22(19)26)16-23(17)25(3)30(28,29)21-10-5-4-6-11-21/h4-14,16,18H,15H2,1-3H3/t18-/m0/s1. The molecular weight excluding hydrogens is 396 g/mol. The summed E-state index contributed by atoms with van der Waals surface area (Å²) in [7, 11) is -2.21. The minimum atomic E-state index is -3.73. The Balaban J connectivity index is 1.72. The fourth-order valence-electron chi connectivity index (χ4n) is 3.98. The molecule has 30 heavy (non-hydrogen) atoms. The second kappa shape index (κ2) is 7.61. The lowest BCUT2D eigenvalue weighted by Crippen LogP contribution is -2.36. The largest absolute Gasteiger partial charge is 0.305 e. The van der Waals surface area contributed by atoms with E-state index in [0.29, 0.717) is 11.3 Å². The number of hydrogen-bond donors (Lipinski definition) is 0. The third-order valence-corrected chi connectivity index (χ3v) is 7.41. The Bertz CT molecular complexity index is 1210. The number of amides is 1. The van der Waals surface area contributed by atoms with Gasteiger partial charge in [0.1, 0.15) is 0 Å². The van der Waals surface area contributed by atoms with Gasteiger partial charge in [0.15, 0.2) is 0 Å². The molecule has 3 aromatic rings. The van der Waals surface area contributed by atoms with Crippen molar-refractivity contribution in [3.8, 4) is 0 Å². The van der Waals surface area contributed by atoms with Crippen LogP contribution >= 0.6 is 0 Å². The highest BCUT2D eigenvalue weighted by Crippen LogP contribution is 2.34. The van der Waals surface area contributed by atoms with Gasteiger partial charge in [-0.15, -0.1) is 0 Å². The number of para-hydroxylation sites is 1. The summed E-state index contributed by atoms with van der Waals surface area (Å²) in [6.07, 6.45) is 0.808. The molecule has 0 radical (unpaired) electrons. The molecule has 5 nitrogen and oxygen atoms in total. The minimum absolute atomic E-state index is 0.0467. The predicted molar refractivity (Wildman–Crippen MR) is 120 cm³/mol. The molecule has 0 bridgehead atoms. The average molecular weight is 421 g/mol. The van der Waals surface area contributed by atoms with Crippen molar-refractivity contribution in [2.75, 3.05) is 16.3 Å². The average Bonchev–Trinajstić information content (AvgIpc) is 3.09. The molecule has 4 rings (SSSR count). The summed E-state index contributed by atoms with van der Waals surface area (Å²) in [5.41, 5.74) is 3.80. The predicted octanol–water partition coefficient (Wildman–Crippen LogP) is 4.41. The van der Waals surface area contributed by atoms with E-state index in [1.165, 1.54) is 11.4 Å². The highest BCUT2D eigenvalue weighted by atomic mass is 32.2. The molecule has 1 aliphatic rings. The highest BCUT2D eigenvalue weighted by molar-refractivity contribution is 7.92. The lowest BCUT2D eigenvalue weighted by molar-refractivity contribution is 0.0981. The molecule has 0 saturated carbocycles. The molecular formula is C24H24N2O3S. The maximum atomic E-state index is 13.4. The summed E-state index contributed by atoms with van der Waals surface area (Å²) >= 11 is 0. The number of nitrogens with zero attached hydrogens (tertiary/aromatic N) is 2. The Morgan fingerprint density at radius 2 is 1.67 bits per heavy atom. The van der Waals surface area contributed by atoms with E-state index in [1.54, 1.807) is 53.4 Å². The van der Waals surface area contributed by atoms with Gasteiger partial charge in [-0.25, -0.2) is 8.42 Å². The molecule has 0 fully saturated rings. The molecule has 6 heteroatoms. The van der Waals surface area contributed by atoms with Crippen LogP contribution in [0.2, 0.25) is 0 Å². The number of carbonyl (C=O) groups excluding carboxylic acids is 1. The molecule has 1 aliphatic heterocycles. The van der Waals surface area contributed by atoms with Crippen LogP contribution in [-0.2, 0) is 16.4 Å². The zero-order chi connectivity index (χ0) is 21.5. The van der Waals surface area contributed by atoms with Gasteiger partial charge in [-0.3, -0.25) is 9.10 Å². The van der Waals surface area contributed by atoms with Gasteiger partial charge < -0.3 is 4.90 Å². The van der Waals surface area contributed by atoms with Gasteiger partial charge >= 0.3 is 0 Å². The van der Waals surface area contributed by atoms with Crippen molar-refractivity contribution in [3.63, 3.8) is 0 Å². The Morgan fingerprint density at radius 3 is 2.40 bits per heavy atom. The monoisotopic (exact) mass is 420 g/mol. The van der Waals surface area contributed by atoms with Crippen LogP contribution in [0.4, 0.5) is 11.4 Å². The second-order valence-corrected chi connectivity index (χ2v) is 9.61. The second-order valence-electron chi connectivity index (χ2n) is 7.64. The van der Waals surface area contributed by atoms with Crippen molar-refractivity contribution in [1.29, 1.82) is 0 Å². The van der Waals surface area contributed by atoms with E-state index >= 15 is 0 Å². The van der Waals surface area contributed by atoms with Crippen LogP contribution in [0.1, 0.15) is 28.4 Å². The van der Waals surface area contributed by atoms with Crippen molar-refractivity contribution in [2.45, 2.75) is 31.2 Å². The lowest BCUT2D eigenvalue weighted by atomic mass is 10.1. The molecule has 0 aromatic heterocycles. The van der Waals surface area contributed by atoms with E-state index in [4.69, 9.17) is 0 Å². The summed E-state index contributed by atoms with van der Waals surface area (Å²) in [6, 6.07) is 21.5. The topological polar surface area (TPSA) is 57.7 Å². The van der Waals surface area contributed by atoms with Crippen LogP contribution in [0.3, 0.4) is 0 Å². The van der Waals surface area contributed by atoms with E-state index in [1.807, 2.05) is 38.1 Å². The van der Waals surface area contributed by atoms with E-state index in [-0.39, 0.29) is 16.8 Å². The zero-order valence-electron chi connectivity index (χ0n) is 17.2. The van der Waals surface area contributed by atoms with Crippen LogP contribution in [0.15, 0.2) is 77.7 Å². The first-order valence-corrected chi connectivity index (χ1v) is 11.3. The summed E-state index contributed by atoms with van der Waals surface area (Å²) in [5, 5.41) is 0. The molecule has 0 N–H and O–H groups in total. The number of hydrogen-bond acceptors (Lipinski definition) is 3. The van der Waals surface area contributed by atoms with Gasteiger partial charge in [-0.05, 0) is 61.7 Å². The Morgan fingerprint density at radius 1 is 1.00 bits per heavy atom. The van der Waals surface area contributed by atoms with Gasteiger partial charge in [0.25, 0.3) is 15.9 Å². The maximum Gasteiger partial charge on any atom is 0.264 e. The van der Waals surface area contributed by atoms with Crippen LogP contribution in [0.25, 0.3) is 0 Å². The van der Waals surface area contributed by atoms with Crippen LogP contribution in [0.5, 0.6) is 0 Å². The summed E-state index contributed by atoms with van der Waals surface area (Å²) in [5.74, 6) is -0.126. The molecule has 1 atom stereocenters. The first-order valence-electron chi connectivity index (χ1n) is 9.87.